The molecule has 7 heteroatoms. The van der Waals surface area contributed by atoms with Crippen molar-refractivity contribution >= 4 is 11.6 Å². The number of anilines is 1. The molecule has 0 bridgehead atoms. The Morgan fingerprint density at radius 2 is 2.21 bits per heavy atom. The third-order valence-corrected chi connectivity index (χ3v) is 3.59. The van der Waals surface area contributed by atoms with Gasteiger partial charge in [-0.05, 0) is 25.1 Å². The van der Waals surface area contributed by atoms with Gasteiger partial charge in [0.1, 0.15) is 30.4 Å². The van der Waals surface area contributed by atoms with Gasteiger partial charge in [-0.3, -0.25) is 14.7 Å². The van der Waals surface area contributed by atoms with Crippen LogP contribution in [0.4, 0.5) is 14.5 Å². The van der Waals surface area contributed by atoms with Gasteiger partial charge in [0.05, 0.1) is 11.7 Å². The summed E-state index contributed by atoms with van der Waals surface area (Å²) in [5, 5.41) is 0. The number of alkyl halides is 2. The average molecular weight is 334 g/mol. The number of pyridine rings is 1. The monoisotopic (exact) mass is 334 g/mol. The number of carbonyl (C=O) groups is 1. The van der Waals surface area contributed by atoms with Crippen molar-refractivity contribution in [2.24, 2.45) is 0 Å². The molecule has 1 aliphatic heterocycles. The van der Waals surface area contributed by atoms with Crippen LogP contribution in [0.3, 0.4) is 0 Å². The van der Waals surface area contributed by atoms with Gasteiger partial charge in [-0.15, -0.1) is 0 Å². The molecule has 126 valence electrons. The highest BCUT2D eigenvalue weighted by Gasteiger charge is 2.30. The molecular weight excluding hydrogens is 318 g/mol. The van der Waals surface area contributed by atoms with Crippen LogP contribution in [0.25, 0.3) is 0 Å². The maximum absolute atomic E-state index is 12.9. The largest absolute Gasteiger partial charge is 0.489 e. The highest BCUT2D eigenvalue weighted by atomic mass is 19.3. The Bertz CT molecular complexity index is 739. The highest BCUT2D eigenvalue weighted by Crippen LogP contribution is 2.34. The number of aromatic nitrogens is 1. The van der Waals surface area contributed by atoms with Crippen molar-refractivity contribution in [3.8, 4) is 11.5 Å². The molecule has 1 amide bonds. The quantitative estimate of drug-likeness (QED) is 0.862. The van der Waals surface area contributed by atoms with Gasteiger partial charge in [-0.2, -0.15) is 0 Å². The van der Waals surface area contributed by atoms with Crippen LogP contribution in [0, 0.1) is 0 Å². The number of hydrogen-bond acceptors (Lipinski definition) is 4. The van der Waals surface area contributed by atoms with Crippen LogP contribution in [0.5, 0.6) is 11.5 Å². The van der Waals surface area contributed by atoms with E-state index in [1.807, 2.05) is 19.1 Å². The van der Waals surface area contributed by atoms with Crippen LogP contribution in [0.15, 0.2) is 42.6 Å². The summed E-state index contributed by atoms with van der Waals surface area (Å²) in [5.41, 5.74) is 0.785. The highest BCUT2D eigenvalue weighted by molar-refractivity contribution is 6.06. The van der Waals surface area contributed by atoms with Crippen molar-refractivity contribution in [2.75, 3.05) is 18.1 Å². The number of ether oxygens (including phenoxy) is 2. The van der Waals surface area contributed by atoms with Crippen LogP contribution in [-0.2, 0) is 0 Å². The van der Waals surface area contributed by atoms with Gasteiger partial charge in [0.25, 0.3) is 12.3 Å². The Kier molecular flexibility index (Phi) is 4.59. The first-order chi connectivity index (χ1) is 11.6. The molecule has 1 aromatic heterocycles. The first kappa shape index (κ1) is 16.2. The number of halogens is 2. The number of fused-ring (bicyclic) bond motifs is 1. The van der Waals surface area contributed by atoms with E-state index in [1.54, 1.807) is 17.0 Å². The fraction of sp³-hybridized carbons (Fsp3) is 0.294. The summed E-state index contributed by atoms with van der Waals surface area (Å²) in [4.78, 5) is 18.5. The van der Waals surface area contributed by atoms with E-state index in [0.717, 1.165) is 0 Å². The van der Waals surface area contributed by atoms with Gasteiger partial charge in [0.15, 0.2) is 0 Å². The Balaban J connectivity index is 1.87. The van der Waals surface area contributed by atoms with Gasteiger partial charge in [-0.1, -0.05) is 12.1 Å². The molecule has 1 aliphatic rings. The minimum absolute atomic E-state index is 0.130. The second kappa shape index (κ2) is 6.82. The van der Waals surface area contributed by atoms with Crippen molar-refractivity contribution in [1.82, 2.24) is 4.98 Å². The van der Waals surface area contributed by atoms with Gasteiger partial charge >= 0.3 is 0 Å². The van der Waals surface area contributed by atoms with E-state index in [4.69, 9.17) is 9.47 Å². The molecule has 2 aromatic rings. The number of rotatable bonds is 4. The topological polar surface area (TPSA) is 51.7 Å². The summed E-state index contributed by atoms with van der Waals surface area (Å²) >= 11 is 0. The molecule has 0 N–H and O–H groups in total. The maximum atomic E-state index is 12.9. The Morgan fingerprint density at radius 1 is 1.42 bits per heavy atom. The summed E-state index contributed by atoms with van der Waals surface area (Å²) < 4.78 is 35.1. The van der Waals surface area contributed by atoms with Gasteiger partial charge in [0, 0.05) is 12.3 Å². The molecule has 0 aliphatic carbocycles. The SMILES string of the molecule is C[C@@H]1COc2ccccc2N1C(=O)c1cc(OCC(F)F)ccn1. The summed E-state index contributed by atoms with van der Waals surface area (Å²) in [6.45, 7) is 1.50. The van der Waals surface area contributed by atoms with Gasteiger partial charge in [-0.25, -0.2) is 8.78 Å². The molecule has 2 heterocycles. The van der Waals surface area contributed by atoms with E-state index >= 15 is 0 Å². The molecule has 0 radical (unpaired) electrons. The maximum Gasteiger partial charge on any atom is 0.277 e. The number of nitrogens with zero attached hydrogens (tertiary/aromatic N) is 2. The molecular formula is C17H16F2N2O3. The van der Waals surface area contributed by atoms with E-state index < -0.39 is 13.0 Å². The molecule has 3 rings (SSSR count). The Hall–Kier alpha value is -2.70. The molecule has 0 fully saturated rings. The summed E-state index contributed by atoms with van der Waals surface area (Å²) in [6.07, 6.45) is -1.21. The fourth-order valence-corrected chi connectivity index (χ4v) is 2.51. The van der Waals surface area contributed by atoms with Crippen LogP contribution < -0.4 is 14.4 Å². The predicted molar refractivity (Wildman–Crippen MR) is 83.9 cm³/mol. The third-order valence-electron chi connectivity index (χ3n) is 3.59. The normalized spacial score (nSPS) is 16.5. The van der Waals surface area contributed by atoms with Crippen LogP contribution >= 0.6 is 0 Å². The molecule has 1 atom stereocenters. The lowest BCUT2D eigenvalue weighted by Gasteiger charge is -2.34. The van der Waals surface area contributed by atoms with Crippen molar-refractivity contribution in [3.05, 3.63) is 48.3 Å². The molecule has 0 spiro atoms. The lowest BCUT2D eigenvalue weighted by Crippen LogP contribution is -2.45. The summed E-state index contributed by atoms with van der Waals surface area (Å²) in [6, 6.07) is 9.85. The molecule has 24 heavy (non-hydrogen) atoms. The Labute approximate surface area is 137 Å². The first-order valence-corrected chi connectivity index (χ1v) is 7.48. The number of carbonyl (C=O) groups excluding carboxylic acids is 1. The van der Waals surface area contributed by atoms with Crippen molar-refractivity contribution in [2.45, 2.75) is 19.4 Å². The van der Waals surface area contributed by atoms with Crippen molar-refractivity contribution in [3.63, 3.8) is 0 Å². The molecule has 0 unspecified atom stereocenters. The number of hydrogen-bond donors (Lipinski definition) is 0. The average Bonchev–Trinajstić information content (AvgIpc) is 2.59. The molecule has 1 aromatic carbocycles. The smallest absolute Gasteiger partial charge is 0.277 e. The minimum Gasteiger partial charge on any atom is -0.489 e. The van der Waals surface area contributed by atoms with Crippen LogP contribution in [0.2, 0.25) is 0 Å². The van der Waals surface area contributed by atoms with E-state index in [1.165, 1.54) is 18.3 Å². The molecule has 5 nitrogen and oxygen atoms in total. The lowest BCUT2D eigenvalue weighted by atomic mass is 10.1. The second-order valence-electron chi connectivity index (χ2n) is 5.38. The molecule has 0 saturated heterocycles. The van der Waals surface area contributed by atoms with Crippen LogP contribution in [-0.4, -0.2) is 36.6 Å². The predicted octanol–water partition coefficient (Wildman–Crippen LogP) is 3.15. The van der Waals surface area contributed by atoms with Gasteiger partial charge < -0.3 is 9.47 Å². The summed E-state index contributed by atoms with van der Waals surface area (Å²) in [7, 11) is 0. The third kappa shape index (κ3) is 3.29. The zero-order chi connectivity index (χ0) is 17.1. The lowest BCUT2D eigenvalue weighted by molar-refractivity contribution is 0.0817. The Morgan fingerprint density at radius 3 is 3.00 bits per heavy atom. The number of para-hydroxylation sites is 2. The van der Waals surface area contributed by atoms with Gasteiger partial charge in [0.2, 0.25) is 0 Å². The second-order valence-corrected chi connectivity index (χ2v) is 5.38. The van der Waals surface area contributed by atoms with E-state index in [-0.39, 0.29) is 23.4 Å². The fourth-order valence-electron chi connectivity index (χ4n) is 2.51. The minimum atomic E-state index is -2.58. The van der Waals surface area contributed by atoms with E-state index in [0.29, 0.717) is 18.0 Å². The van der Waals surface area contributed by atoms with Crippen molar-refractivity contribution in [1.29, 1.82) is 0 Å². The number of amides is 1. The van der Waals surface area contributed by atoms with Crippen LogP contribution in [0.1, 0.15) is 17.4 Å². The number of benzene rings is 1. The zero-order valence-corrected chi connectivity index (χ0v) is 13.0. The van der Waals surface area contributed by atoms with Crippen molar-refractivity contribution < 1.29 is 23.0 Å². The molecule has 0 saturated carbocycles. The summed E-state index contributed by atoms with van der Waals surface area (Å²) in [5.74, 6) is 0.470. The first-order valence-electron chi connectivity index (χ1n) is 7.48. The van der Waals surface area contributed by atoms with E-state index in [9.17, 15) is 13.6 Å². The van der Waals surface area contributed by atoms with E-state index in [2.05, 4.69) is 4.98 Å². The standard InChI is InChI=1S/C17H16F2N2O3/c1-11-9-24-15-5-3-2-4-14(15)21(11)17(22)13-8-12(6-7-20-13)23-10-16(18)19/h2-8,11,16H,9-10H2,1H3/t11-/m1/s1. The zero-order valence-electron chi connectivity index (χ0n) is 13.0.